The van der Waals surface area contributed by atoms with E-state index in [4.69, 9.17) is 9.05 Å². The second-order valence-corrected chi connectivity index (χ2v) is 9.70. The van der Waals surface area contributed by atoms with Gasteiger partial charge < -0.3 is 0 Å². The Morgan fingerprint density at radius 2 is 1.35 bits per heavy atom. The minimum atomic E-state index is -2.34. The number of nitrogens with zero attached hydrogens (tertiary/aromatic N) is 2. The molecule has 1 saturated heterocycles. The molecule has 5 heteroatoms. The summed E-state index contributed by atoms with van der Waals surface area (Å²) in [5, 5.41) is -0.286. The van der Waals surface area contributed by atoms with Crippen LogP contribution in [0.1, 0.15) is 25.0 Å². The fourth-order valence-electron chi connectivity index (χ4n) is 4.53. The zero-order chi connectivity index (χ0) is 16.0. The maximum atomic E-state index is 6.64. The lowest BCUT2D eigenvalue weighted by atomic mass is 9.95. The Morgan fingerprint density at radius 3 is 2.00 bits per heavy atom. The Hall–Kier alpha value is -1.61. The van der Waals surface area contributed by atoms with E-state index < -0.39 is 7.87 Å². The van der Waals surface area contributed by atoms with E-state index in [0.29, 0.717) is 0 Å². The molecule has 2 unspecified atom stereocenters. The van der Waals surface area contributed by atoms with Crippen molar-refractivity contribution in [3.63, 3.8) is 0 Å². The molecular formula is C18H20N2O2P+. The van der Waals surface area contributed by atoms with Crippen LogP contribution in [0.2, 0.25) is 0 Å². The number of para-hydroxylation sites is 2. The summed E-state index contributed by atoms with van der Waals surface area (Å²) in [6.45, 7) is 4.53. The van der Waals surface area contributed by atoms with E-state index in [2.05, 4.69) is 73.9 Å². The number of benzene rings is 2. The zero-order valence-corrected chi connectivity index (χ0v) is 14.7. The van der Waals surface area contributed by atoms with Crippen LogP contribution in [-0.2, 0) is 10.9 Å². The average Bonchev–Trinajstić information content (AvgIpc) is 2.86. The van der Waals surface area contributed by atoms with E-state index in [9.17, 15) is 0 Å². The van der Waals surface area contributed by atoms with Gasteiger partial charge in [-0.25, -0.2) is 4.90 Å². The summed E-state index contributed by atoms with van der Waals surface area (Å²) in [6.07, 6.45) is 0. The van der Waals surface area contributed by atoms with Gasteiger partial charge in [0.25, 0.3) is 0 Å². The summed E-state index contributed by atoms with van der Waals surface area (Å²) >= 11 is 0. The highest BCUT2D eigenvalue weighted by molar-refractivity contribution is 7.66. The Labute approximate surface area is 137 Å². The van der Waals surface area contributed by atoms with Crippen molar-refractivity contribution in [1.29, 1.82) is 0 Å². The molecule has 2 bridgehead atoms. The standard InChI is InChI=1S/C18H20N2O2P/c1-17-13-9-5-7-11-15(13)21-23(20(17)4)18(2,19(17)3)14-10-6-8-12-16(14)22-23/h5-12H,1-4H3/q+1/t17?,18-,23?/m0/s1. The van der Waals surface area contributed by atoms with Gasteiger partial charge in [-0.2, -0.15) is 0 Å². The molecule has 3 aliphatic rings. The van der Waals surface area contributed by atoms with Crippen LogP contribution in [0, 0.1) is 0 Å². The van der Waals surface area contributed by atoms with Crippen molar-refractivity contribution in [3.8, 4) is 11.5 Å². The minimum absolute atomic E-state index is 0.245. The molecule has 4 nitrogen and oxygen atoms in total. The molecule has 5 rings (SSSR count). The topological polar surface area (TPSA) is 24.9 Å². The Morgan fingerprint density at radius 1 is 0.826 bits per heavy atom. The molecule has 2 aromatic rings. The van der Waals surface area contributed by atoms with Crippen molar-refractivity contribution in [2.24, 2.45) is 0 Å². The van der Waals surface area contributed by atoms with Crippen LogP contribution in [0.5, 0.6) is 11.5 Å². The van der Waals surface area contributed by atoms with Crippen molar-refractivity contribution in [2.75, 3.05) is 14.1 Å². The van der Waals surface area contributed by atoms with Gasteiger partial charge in [0.1, 0.15) is 5.66 Å². The van der Waals surface area contributed by atoms with Crippen LogP contribution in [0.15, 0.2) is 48.5 Å². The van der Waals surface area contributed by atoms with Crippen molar-refractivity contribution >= 4 is 7.87 Å². The third-order valence-electron chi connectivity index (χ3n) is 6.12. The number of rotatable bonds is 0. The molecule has 0 aliphatic carbocycles. The van der Waals surface area contributed by atoms with E-state index in [1.54, 1.807) is 0 Å². The van der Waals surface area contributed by atoms with E-state index >= 15 is 0 Å². The van der Waals surface area contributed by atoms with Gasteiger partial charge in [0.2, 0.25) is 5.28 Å². The van der Waals surface area contributed by atoms with E-state index in [1.807, 2.05) is 12.1 Å². The van der Waals surface area contributed by atoms with Crippen LogP contribution >= 0.6 is 7.87 Å². The first-order valence-electron chi connectivity index (χ1n) is 7.92. The van der Waals surface area contributed by atoms with Crippen LogP contribution in [0.4, 0.5) is 0 Å². The van der Waals surface area contributed by atoms with Crippen molar-refractivity contribution in [1.82, 2.24) is 9.57 Å². The molecule has 1 spiro atoms. The molecule has 0 amide bonds. The van der Waals surface area contributed by atoms with E-state index in [0.717, 1.165) is 11.5 Å². The first-order valence-corrected chi connectivity index (χ1v) is 9.49. The largest absolute Gasteiger partial charge is 0.465 e. The first kappa shape index (κ1) is 13.8. The van der Waals surface area contributed by atoms with Crippen LogP contribution < -0.4 is 9.05 Å². The van der Waals surface area contributed by atoms with Gasteiger partial charge in [-0.3, -0.25) is 9.05 Å². The van der Waals surface area contributed by atoms with Crippen molar-refractivity contribution in [2.45, 2.75) is 24.8 Å². The fraction of sp³-hybridized carbons (Fsp3) is 0.333. The number of hydrogen-bond donors (Lipinski definition) is 0. The Kier molecular flexibility index (Phi) is 2.33. The monoisotopic (exact) mass is 327 g/mol. The highest BCUT2D eigenvalue weighted by Crippen LogP contribution is 2.89. The highest BCUT2D eigenvalue weighted by atomic mass is 31.2. The van der Waals surface area contributed by atoms with Gasteiger partial charge in [0.15, 0.2) is 11.5 Å². The maximum absolute atomic E-state index is 6.64. The lowest BCUT2D eigenvalue weighted by Gasteiger charge is -2.39. The molecule has 0 N–H and O–H groups in total. The van der Waals surface area contributed by atoms with Crippen molar-refractivity contribution < 1.29 is 9.05 Å². The normalized spacial score (nSPS) is 37.6. The molecule has 2 aromatic carbocycles. The summed E-state index contributed by atoms with van der Waals surface area (Å²) in [6, 6.07) is 16.7. The van der Waals surface area contributed by atoms with Gasteiger partial charge in [-0.15, -0.1) is 0 Å². The van der Waals surface area contributed by atoms with Crippen LogP contribution in [-0.4, -0.2) is 23.7 Å². The second kappa shape index (κ2) is 3.89. The lowest BCUT2D eigenvalue weighted by molar-refractivity contribution is 0.0255. The molecule has 23 heavy (non-hydrogen) atoms. The molecule has 0 radical (unpaired) electrons. The Balaban J connectivity index is 1.86. The number of fused-ring (bicyclic) bond motifs is 5. The van der Waals surface area contributed by atoms with Gasteiger partial charge in [-0.05, 0) is 32.2 Å². The molecule has 3 atom stereocenters. The minimum Gasteiger partial charge on any atom is -0.287 e. The van der Waals surface area contributed by atoms with E-state index in [-0.39, 0.29) is 10.9 Å². The van der Waals surface area contributed by atoms with Crippen molar-refractivity contribution in [3.05, 3.63) is 59.7 Å². The van der Waals surface area contributed by atoms with Gasteiger partial charge in [0, 0.05) is 19.5 Å². The summed E-state index contributed by atoms with van der Waals surface area (Å²) < 4.78 is 15.5. The molecular weight excluding hydrogens is 307 g/mol. The third kappa shape index (κ3) is 1.21. The average molecular weight is 327 g/mol. The third-order valence-corrected chi connectivity index (χ3v) is 9.83. The summed E-state index contributed by atoms with van der Waals surface area (Å²) in [7, 11) is 1.99. The zero-order valence-electron chi connectivity index (χ0n) is 13.8. The van der Waals surface area contributed by atoms with E-state index in [1.165, 1.54) is 11.1 Å². The fourth-order valence-corrected chi connectivity index (χ4v) is 8.42. The predicted molar refractivity (Wildman–Crippen MR) is 91.3 cm³/mol. The summed E-state index contributed by atoms with van der Waals surface area (Å²) in [5.74, 6) is 1.90. The molecule has 1 fully saturated rings. The quantitative estimate of drug-likeness (QED) is 0.679. The maximum Gasteiger partial charge on any atom is 0.465 e. The lowest BCUT2D eigenvalue weighted by Crippen LogP contribution is -2.49. The molecule has 3 aliphatic heterocycles. The highest BCUT2D eigenvalue weighted by Gasteiger charge is 2.86. The molecule has 118 valence electrons. The molecule has 3 heterocycles. The molecule has 0 saturated carbocycles. The smallest absolute Gasteiger partial charge is 0.287 e. The second-order valence-electron chi connectivity index (χ2n) is 6.82. The van der Waals surface area contributed by atoms with Crippen LogP contribution in [0.25, 0.3) is 0 Å². The van der Waals surface area contributed by atoms with Gasteiger partial charge >= 0.3 is 7.87 Å². The number of hydrogen-bond acceptors (Lipinski definition) is 4. The summed E-state index contributed by atoms with van der Waals surface area (Å²) in [5.41, 5.74) is 2.18. The van der Waals surface area contributed by atoms with Crippen LogP contribution in [0.3, 0.4) is 0 Å². The SMILES string of the molecule is CN1C2(C)c3ccccc3O[P+]3(Oc4ccccc4[C@@]13C)N2C. The predicted octanol–water partition coefficient (Wildman–Crippen LogP) is 4.16. The summed E-state index contributed by atoms with van der Waals surface area (Å²) in [4.78, 5) is 2.44. The van der Waals surface area contributed by atoms with Gasteiger partial charge in [-0.1, -0.05) is 35.0 Å². The van der Waals surface area contributed by atoms with Gasteiger partial charge in [0.05, 0.1) is 5.56 Å². The first-order chi connectivity index (χ1) is 11.0. The molecule has 0 aromatic heterocycles. The Bertz CT molecular complexity index is 843.